The van der Waals surface area contributed by atoms with E-state index in [1.165, 1.54) is 0 Å². The van der Waals surface area contributed by atoms with Crippen LogP contribution in [0.2, 0.25) is 0 Å². The van der Waals surface area contributed by atoms with E-state index < -0.39 is 73.9 Å². The van der Waals surface area contributed by atoms with Gasteiger partial charge in [0, 0.05) is 0 Å². The number of nitro benzene ring substituents is 2. The van der Waals surface area contributed by atoms with Crippen molar-refractivity contribution in [3.05, 3.63) is 167 Å². The summed E-state index contributed by atoms with van der Waals surface area (Å²) in [7, 11) is 0. The summed E-state index contributed by atoms with van der Waals surface area (Å²) in [5, 5.41) is 47.3. The predicted molar refractivity (Wildman–Crippen MR) is 182 cm³/mol. The Bertz CT molecular complexity index is 2020. The van der Waals surface area contributed by atoms with E-state index in [9.17, 15) is 49.8 Å². The van der Waals surface area contributed by atoms with Crippen LogP contribution in [0.4, 0.5) is 22.7 Å². The van der Waals surface area contributed by atoms with Crippen LogP contribution < -0.4 is 20.7 Å². The summed E-state index contributed by atoms with van der Waals surface area (Å²) < 4.78 is 13.4. The Kier molecular flexibility index (Phi) is 9.89. The van der Waals surface area contributed by atoms with Crippen LogP contribution >= 0.6 is 0 Å². The molecule has 0 N–H and O–H groups in total. The Morgan fingerprint density at radius 3 is 1.00 bits per heavy atom. The maximum absolute atomic E-state index is 14.5. The van der Waals surface area contributed by atoms with Crippen LogP contribution in [0.3, 0.4) is 0 Å². The van der Waals surface area contributed by atoms with Crippen LogP contribution in [-0.4, -0.2) is 49.9 Å². The minimum atomic E-state index is -6.97. The third-order valence-corrected chi connectivity index (χ3v) is 21.3. The van der Waals surface area contributed by atoms with Gasteiger partial charge in [-0.15, -0.1) is 0 Å². The molecule has 0 unspecified atom stereocenters. The van der Waals surface area contributed by atoms with Crippen molar-refractivity contribution in [3.8, 4) is 0 Å². The third-order valence-electron chi connectivity index (χ3n) is 8.09. The first kappa shape index (κ1) is 36.7. The number of carboxylic acids is 2. The number of nitro groups is 2. The monoisotopic (exact) mass is 816 g/mol. The molecule has 0 aromatic heterocycles. The zero-order valence-electron chi connectivity index (χ0n) is 27.5. The summed E-state index contributed by atoms with van der Waals surface area (Å²) in [5.41, 5.74) is -2.23. The Morgan fingerprint density at radius 1 is 0.481 bits per heavy atom. The van der Waals surface area contributed by atoms with Gasteiger partial charge in [0.05, 0.1) is 0 Å². The van der Waals surface area contributed by atoms with E-state index >= 15 is 0 Å². The summed E-state index contributed by atoms with van der Waals surface area (Å²) in [5.74, 6) is -3.68. The standard InChI is InChI=1S/2C7H4N2O6.3C7H7.Sb/c2*10-7(11)4-1-5(8(12)13)3-6(2-4)9(14)15;3*1-7-5-3-2-4-6-7;/h2*1-3H,(H,10,11);3*3-6H,1H3;/q;;;;;+2/p-2. The first-order valence-corrected chi connectivity index (χ1v) is 21.0. The topological polar surface area (TPSA) is 225 Å². The molecule has 0 saturated carbocycles. The fourth-order valence-corrected chi connectivity index (χ4v) is 17.7. The molecular formula is C35H27N4O12Sb. The number of hydrogen-bond donors (Lipinski definition) is 0. The molecule has 0 atom stereocenters. The van der Waals surface area contributed by atoms with E-state index in [1.54, 1.807) is 93.6 Å². The second kappa shape index (κ2) is 14.0. The van der Waals surface area contributed by atoms with E-state index in [4.69, 9.17) is 6.23 Å². The van der Waals surface area contributed by atoms with Crippen molar-refractivity contribution in [2.45, 2.75) is 20.8 Å². The molecule has 16 nitrogen and oxygen atoms in total. The van der Waals surface area contributed by atoms with Crippen LogP contribution in [-0.2, 0) is 6.23 Å². The number of non-ortho nitro benzene ring substituents is 2. The second-order valence-corrected chi connectivity index (χ2v) is 22.5. The average molecular weight is 817 g/mol. The van der Waals surface area contributed by atoms with Gasteiger partial charge < -0.3 is 0 Å². The van der Waals surface area contributed by atoms with Gasteiger partial charge in [-0.25, -0.2) is 0 Å². The number of carbonyl (C=O) groups excluding carboxylic acids is 2. The van der Waals surface area contributed by atoms with Gasteiger partial charge in [-0.05, 0) is 0 Å². The van der Waals surface area contributed by atoms with Crippen molar-refractivity contribution < 1.29 is 45.7 Å². The third kappa shape index (κ3) is 6.78. The van der Waals surface area contributed by atoms with Crippen molar-refractivity contribution in [1.29, 1.82) is 0 Å². The van der Waals surface area contributed by atoms with Crippen molar-refractivity contribution in [1.82, 2.24) is 0 Å². The Hall–Kier alpha value is -6.54. The number of carboxylic acid groups (broad SMARTS) is 2. The number of aryl methyl sites for hydroxylation is 3. The first-order valence-electron chi connectivity index (χ1n) is 15.1. The molecule has 0 heterocycles. The Balaban J connectivity index is 1.94. The molecule has 0 aliphatic heterocycles. The molecule has 0 saturated heterocycles. The summed E-state index contributed by atoms with van der Waals surface area (Å²) in [6.45, 7) is 5.30. The van der Waals surface area contributed by atoms with Crippen LogP contribution in [0.15, 0.2) is 109 Å². The van der Waals surface area contributed by atoms with E-state index in [-0.39, 0.29) is 20.4 Å². The maximum atomic E-state index is 14.5. The molecule has 0 aliphatic rings. The number of aromatic carboxylic acids is 2. The van der Waals surface area contributed by atoms with Crippen molar-refractivity contribution in [2.75, 3.05) is 0 Å². The van der Waals surface area contributed by atoms with Gasteiger partial charge in [0.1, 0.15) is 0 Å². The molecule has 5 aromatic rings. The normalized spacial score (nSPS) is 11.8. The van der Waals surface area contributed by atoms with Crippen LogP contribution in [0.25, 0.3) is 0 Å². The van der Waals surface area contributed by atoms with Gasteiger partial charge in [0.15, 0.2) is 0 Å². The fourth-order valence-electron chi connectivity index (χ4n) is 5.42. The van der Waals surface area contributed by atoms with Crippen molar-refractivity contribution >= 4 is 63.5 Å². The quantitative estimate of drug-likeness (QED) is 0.0950. The zero-order chi connectivity index (χ0) is 38.0. The van der Waals surface area contributed by atoms with E-state index in [1.807, 2.05) is 0 Å². The summed E-state index contributed by atoms with van der Waals surface area (Å²) >= 11 is -6.97. The summed E-state index contributed by atoms with van der Waals surface area (Å²) in [6, 6.07) is 23.5. The fraction of sp³-hybridized carbons (Fsp3) is 0.0857. The molecule has 0 radical (unpaired) electrons. The van der Waals surface area contributed by atoms with Gasteiger partial charge in [0.25, 0.3) is 0 Å². The molecule has 0 aliphatic carbocycles. The number of rotatable bonds is 13. The number of benzene rings is 5. The van der Waals surface area contributed by atoms with Gasteiger partial charge >= 0.3 is 297 Å². The van der Waals surface area contributed by atoms with Crippen molar-refractivity contribution in [3.63, 3.8) is 0 Å². The number of hydrogen-bond acceptors (Lipinski definition) is 12. The molecule has 5 rings (SSSR count). The van der Waals surface area contributed by atoms with E-state index in [2.05, 4.69) is 0 Å². The molecule has 264 valence electrons. The minimum absolute atomic E-state index is 0.129. The SMILES string of the molecule is Cc1cc[c]([Sb]([O][N+](=O)c2cc(C(=O)[O-])cc([N+](=O)[O-])c2)([O][N+](=O)c2cc(C(=O)[O-])cc([N+](=O)[O-])c2)([c]2ccc(C)cc2)[c]2ccc(C)cc2)cc1. The van der Waals surface area contributed by atoms with Gasteiger partial charge in [-0.2, -0.15) is 0 Å². The van der Waals surface area contributed by atoms with Gasteiger partial charge in [0.2, 0.25) is 0 Å². The van der Waals surface area contributed by atoms with Crippen molar-refractivity contribution in [2.24, 2.45) is 0 Å². The Morgan fingerprint density at radius 2 is 0.750 bits per heavy atom. The molecular weight excluding hydrogens is 790 g/mol. The Labute approximate surface area is 296 Å². The first-order chi connectivity index (χ1) is 24.5. The van der Waals surface area contributed by atoms with Gasteiger partial charge in [-0.1, -0.05) is 0 Å². The summed E-state index contributed by atoms with van der Waals surface area (Å²) in [6.07, 6.45) is 0. The molecule has 0 amide bonds. The van der Waals surface area contributed by atoms with E-state index in [0.717, 1.165) is 41.0 Å². The molecule has 17 heteroatoms. The molecule has 5 aromatic carbocycles. The molecule has 52 heavy (non-hydrogen) atoms. The molecule has 0 bridgehead atoms. The van der Waals surface area contributed by atoms with Gasteiger partial charge in [-0.3, -0.25) is 0 Å². The van der Waals surface area contributed by atoms with E-state index in [0.29, 0.717) is 12.1 Å². The van der Waals surface area contributed by atoms with Crippen LogP contribution in [0, 0.1) is 50.8 Å². The summed E-state index contributed by atoms with van der Waals surface area (Å²) in [4.78, 5) is 74.0. The second-order valence-electron chi connectivity index (χ2n) is 11.7. The average Bonchev–Trinajstić information content (AvgIpc) is 3.11. The van der Waals surface area contributed by atoms with Crippen LogP contribution in [0.5, 0.6) is 0 Å². The molecule has 0 fully saturated rings. The van der Waals surface area contributed by atoms with Crippen LogP contribution in [0.1, 0.15) is 37.4 Å². The zero-order valence-corrected chi connectivity index (χ0v) is 30.1. The predicted octanol–water partition coefficient (Wildman–Crippen LogP) is 2.66. The number of nitrogens with zero attached hydrogens (tertiary/aromatic N) is 4. The number of carbonyl (C=O) groups is 2. The molecule has 0 spiro atoms.